The van der Waals surface area contributed by atoms with Crippen LogP contribution in [0.3, 0.4) is 0 Å². The summed E-state index contributed by atoms with van der Waals surface area (Å²) in [5.41, 5.74) is 5.45. The highest BCUT2D eigenvalue weighted by Crippen LogP contribution is 2.31. The van der Waals surface area contributed by atoms with Gasteiger partial charge in [0.05, 0.1) is 0 Å². The van der Waals surface area contributed by atoms with Crippen LogP contribution in [-0.4, -0.2) is 32.6 Å². The molecule has 0 bridgehead atoms. The summed E-state index contributed by atoms with van der Waals surface area (Å²) in [6.07, 6.45) is 7.37. The maximum atomic E-state index is 13.4. The first-order chi connectivity index (χ1) is 16.3. The molecule has 0 radical (unpaired) electrons. The molecular formula is C27H33N5O2. The van der Waals surface area contributed by atoms with Crippen LogP contribution in [0, 0.1) is 25.7 Å². The van der Waals surface area contributed by atoms with Gasteiger partial charge in [0.2, 0.25) is 5.91 Å². The van der Waals surface area contributed by atoms with Crippen molar-refractivity contribution >= 4 is 17.5 Å². The molecule has 178 valence electrons. The van der Waals surface area contributed by atoms with E-state index < -0.39 is 6.04 Å². The number of hydrogen-bond donors (Lipinski definition) is 2. The third-order valence-electron chi connectivity index (χ3n) is 6.94. The second-order valence-corrected chi connectivity index (χ2v) is 9.47. The van der Waals surface area contributed by atoms with Gasteiger partial charge >= 0.3 is 0 Å². The van der Waals surface area contributed by atoms with Crippen LogP contribution in [0.15, 0.2) is 48.8 Å². The highest BCUT2D eigenvalue weighted by Gasteiger charge is 2.33. The molecule has 0 unspecified atom stereocenters. The number of pyridine rings is 1. The minimum Gasteiger partial charge on any atom is -0.339 e. The molecule has 1 fully saturated rings. The van der Waals surface area contributed by atoms with Gasteiger partial charge in [-0.1, -0.05) is 31.9 Å². The summed E-state index contributed by atoms with van der Waals surface area (Å²) in [5, 5.41) is 10.1. The van der Waals surface area contributed by atoms with E-state index in [0.717, 1.165) is 48.1 Å². The van der Waals surface area contributed by atoms with E-state index in [9.17, 15) is 9.59 Å². The molecule has 1 aliphatic carbocycles. The van der Waals surface area contributed by atoms with E-state index in [1.165, 1.54) is 4.68 Å². The predicted molar refractivity (Wildman–Crippen MR) is 133 cm³/mol. The van der Waals surface area contributed by atoms with Gasteiger partial charge in [-0.3, -0.25) is 19.3 Å². The lowest BCUT2D eigenvalue weighted by Gasteiger charge is -2.32. The topological polar surface area (TPSA) is 88.9 Å². The van der Waals surface area contributed by atoms with Crippen molar-refractivity contribution in [3.8, 4) is 11.1 Å². The van der Waals surface area contributed by atoms with E-state index >= 15 is 0 Å². The van der Waals surface area contributed by atoms with Gasteiger partial charge in [-0.2, -0.15) is 5.10 Å². The van der Waals surface area contributed by atoms with Crippen LogP contribution >= 0.6 is 0 Å². The number of anilines is 1. The summed E-state index contributed by atoms with van der Waals surface area (Å²) >= 11 is 0. The van der Waals surface area contributed by atoms with E-state index in [2.05, 4.69) is 34.6 Å². The highest BCUT2D eigenvalue weighted by molar-refractivity contribution is 6.00. The van der Waals surface area contributed by atoms with E-state index in [1.54, 1.807) is 19.3 Å². The van der Waals surface area contributed by atoms with Gasteiger partial charge in [0.25, 0.3) is 5.91 Å². The molecule has 2 aromatic heterocycles. The summed E-state index contributed by atoms with van der Waals surface area (Å²) < 4.78 is 1.52. The minimum atomic E-state index is -0.600. The maximum absolute atomic E-state index is 13.4. The molecule has 7 nitrogen and oxygen atoms in total. The third kappa shape index (κ3) is 5.19. The van der Waals surface area contributed by atoms with Crippen LogP contribution in [0.2, 0.25) is 0 Å². The molecule has 0 spiro atoms. The van der Waals surface area contributed by atoms with Crippen molar-refractivity contribution in [2.24, 2.45) is 18.9 Å². The molecule has 1 aromatic carbocycles. The van der Waals surface area contributed by atoms with Gasteiger partial charge in [-0.25, -0.2) is 0 Å². The molecule has 1 saturated carbocycles. The first-order valence-electron chi connectivity index (χ1n) is 12.0. The molecule has 7 heteroatoms. The standard InChI is InChI=1S/C27H33N5O2/c1-17-5-7-21(8-6-17)25(31-26(33)23-14-16-29-32(23)4)27(34)30-22-11-9-20(10-12-22)24-18(2)13-15-28-19(24)3/h9-17,21,25H,5-8H2,1-4H3,(H,30,34)(H,31,33)/t17?,21?,25-/m0/s1. The van der Waals surface area contributed by atoms with Crippen LogP contribution in [0.4, 0.5) is 5.69 Å². The molecule has 2 heterocycles. The SMILES string of the molecule is Cc1ccnc(C)c1-c1ccc(NC(=O)[C@@H](NC(=O)c2ccnn2C)C2CCC(C)CC2)cc1. The number of rotatable bonds is 6. The van der Waals surface area contributed by atoms with Crippen molar-refractivity contribution in [3.63, 3.8) is 0 Å². The Kier molecular flexibility index (Phi) is 7.10. The Labute approximate surface area is 201 Å². The van der Waals surface area contributed by atoms with E-state index in [0.29, 0.717) is 17.3 Å². The van der Waals surface area contributed by atoms with Gasteiger partial charge in [0, 0.05) is 36.4 Å². The number of nitrogens with one attached hydrogen (secondary N) is 2. The van der Waals surface area contributed by atoms with Crippen molar-refractivity contribution in [1.82, 2.24) is 20.1 Å². The molecule has 1 atom stereocenters. The Hall–Kier alpha value is -3.48. The molecule has 2 N–H and O–H groups in total. The zero-order chi connectivity index (χ0) is 24.2. The Bertz CT molecular complexity index is 1140. The average molecular weight is 460 g/mol. The molecule has 2 amide bonds. The fourth-order valence-corrected chi connectivity index (χ4v) is 4.90. The number of hydrogen-bond acceptors (Lipinski definition) is 4. The lowest BCUT2D eigenvalue weighted by Crippen LogP contribution is -2.49. The summed E-state index contributed by atoms with van der Waals surface area (Å²) in [4.78, 5) is 30.7. The van der Waals surface area contributed by atoms with Crippen molar-refractivity contribution < 1.29 is 9.59 Å². The van der Waals surface area contributed by atoms with Crippen LogP contribution in [0.25, 0.3) is 11.1 Å². The van der Waals surface area contributed by atoms with Gasteiger partial charge in [-0.15, -0.1) is 0 Å². The monoisotopic (exact) mass is 459 g/mol. The summed E-state index contributed by atoms with van der Waals surface area (Å²) in [6.45, 7) is 6.31. The molecule has 0 saturated heterocycles. The van der Waals surface area contributed by atoms with Gasteiger partial charge in [0.1, 0.15) is 11.7 Å². The molecule has 4 rings (SSSR count). The number of aromatic nitrogens is 3. The quantitative estimate of drug-likeness (QED) is 0.561. The van der Waals surface area contributed by atoms with Crippen LogP contribution in [0.5, 0.6) is 0 Å². The summed E-state index contributed by atoms with van der Waals surface area (Å²) in [7, 11) is 1.72. The molecule has 1 aliphatic rings. The van der Waals surface area contributed by atoms with Crippen LogP contribution in [0.1, 0.15) is 54.4 Å². The van der Waals surface area contributed by atoms with Crippen molar-refractivity contribution in [1.29, 1.82) is 0 Å². The third-order valence-corrected chi connectivity index (χ3v) is 6.94. The van der Waals surface area contributed by atoms with Crippen molar-refractivity contribution in [3.05, 3.63) is 65.7 Å². The zero-order valence-electron chi connectivity index (χ0n) is 20.3. The van der Waals surface area contributed by atoms with Gasteiger partial charge in [0.15, 0.2) is 0 Å². The smallest absolute Gasteiger partial charge is 0.270 e. The van der Waals surface area contributed by atoms with E-state index in [1.807, 2.05) is 43.5 Å². The zero-order valence-corrected chi connectivity index (χ0v) is 20.3. The lowest BCUT2D eigenvalue weighted by atomic mass is 9.79. The molecule has 3 aromatic rings. The number of benzene rings is 1. The van der Waals surface area contributed by atoms with Gasteiger partial charge < -0.3 is 10.6 Å². The first-order valence-corrected chi connectivity index (χ1v) is 12.0. The van der Waals surface area contributed by atoms with Crippen LogP contribution < -0.4 is 10.6 Å². The normalized spacial score (nSPS) is 18.8. The van der Waals surface area contributed by atoms with E-state index in [4.69, 9.17) is 0 Å². The van der Waals surface area contributed by atoms with Crippen molar-refractivity contribution in [2.75, 3.05) is 5.32 Å². The summed E-state index contributed by atoms with van der Waals surface area (Å²) in [6, 6.07) is 10.9. The van der Waals surface area contributed by atoms with Crippen LogP contribution in [-0.2, 0) is 11.8 Å². The number of nitrogens with zero attached hydrogens (tertiary/aromatic N) is 3. The summed E-state index contributed by atoms with van der Waals surface area (Å²) in [5.74, 6) is 0.293. The minimum absolute atomic E-state index is 0.105. The Balaban J connectivity index is 1.52. The number of amides is 2. The largest absolute Gasteiger partial charge is 0.339 e. The Morgan fingerprint density at radius 3 is 2.32 bits per heavy atom. The lowest BCUT2D eigenvalue weighted by molar-refractivity contribution is -0.119. The second-order valence-electron chi connectivity index (χ2n) is 9.47. The van der Waals surface area contributed by atoms with Gasteiger partial charge in [-0.05, 0) is 73.9 Å². The molecule has 0 aliphatic heterocycles. The Morgan fingerprint density at radius 2 is 1.71 bits per heavy atom. The Morgan fingerprint density at radius 1 is 1.00 bits per heavy atom. The predicted octanol–water partition coefficient (Wildman–Crippen LogP) is 4.66. The van der Waals surface area contributed by atoms with Crippen molar-refractivity contribution in [2.45, 2.75) is 52.5 Å². The van der Waals surface area contributed by atoms with E-state index in [-0.39, 0.29) is 17.7 Å². The number of carbonyl (C=O) groups excluding carboxylic acids is 2. The maximum Gasteiger partial charge on any atom is 0.270 e. The molecular weight excluding hydrogens is 426 g/mol. The fraction of sp³-hybridized carbons (Fsp3) is 0.407. The fourth-order valence-electron chi connectivity index (χ4n) is 4.90. The highest BCUT2D eigenvalue weighted by atomic mass is 16.2. The first kappa shape index (κ1) is 23.7. The average Bonchev–Trinajstić information content (AvgIpc) is 3.25. The number of carbonyl (C=O) groups is 2. The second kappa shape index (κ2) is 10.2. The molecule has 34 heavy (non-hydrogen) atoms. The number of aryl methyl sites for hydroxylation is 3.